The molecular formula is C16H19N3O2S. The van der Waals surface area contributed by atoms with Gasteiger partial charge in [-0.25, -0.2) is 4.98 Å². The van der Waals surface area contributed by atoms with Gasteiger partial charge in [-0.15, -0.1) is 0 Å². The number of imidazole rings is 1. The van der Waals surface area contributed by atoms with Crippen molar-refractivity contribution in [3.63, 3.8) is 0 Å². The van der Waals surface area contributed by atoms with Crippen LogP contribution in [0, 0.1) is 0 Å². The molecule has 0 unspecified atom stereocenters. The highest BCUT2D eigenvalue weighted by Gasteiger charge is 2.21. The Morgan fingerprint density at radius 2 is 2.27 bits per heavy atom. The Morgan fingerprint density at radius 3 is 3.05 bits per heavy atom. The fourth-order valence-electron chi connectivity index (χ4n) is 2.41. The van der Waals surface area contributed by atoms with Crippen LogP contribution in [0.15, 0.2) is 41.7 Å². The third-order valence-corrected chi connectivity index (χ3v) is 4.44. The third kappa shape index (κ3) is 3.69. The molecule has 0 radical (unpaired) electrons. The molecule has 5 nitrogen and oxygen atoms in total. The first-order valence-electron chi connectivity index (χ1n) is 7.35. The maximum Gasteiger partial charge on any atom is 0.233 e. The zero-order chi connectivity index (χ0) is 15.4. The molecule has 1 aliphatic heterocycles. The summed E-state index contributed by atoms with van der Waals surface area (Å²) in [6.07, 6.45) is 1.93. The zero-order valence-electron chi connectivity index (χ0n) is 12.5. The van der Waals surface area contributed by atoms with Gasteiger partial charge in [-0.2, -0.15) is 0 Å². The number of hydrogen-bond acceptors (Lipinski definition) is 4. The van der Waals surface area contributed by atoms with Crippen molar-refractivity contribution in [1.29, 1.82) is 0 Å². The Bertz CT molecular complexity index is 629. The van der Waals surface area contributed by atoms with Crippen LogP contribution < -0.4 is 0 Å². The molecule has 22 heavy (non-hydrogen) atoms. The lowest BCUT2D eigenvalue weighted by Crippen LogP contribution is -2.45. The van der Waals surface area contributed by atoms with Crippen molar-refractivity contribution >= 4 is 17.7 Å². The maximum atomic E-state index is 12.2. The molecule has 0 aliphatic carbocycles. The van der Waals surface area contributed by atoms with E-state index >= 15 is 0 Å². The molecule has 0 bridgehead atoms. The summed E-state index contributed by atoms with van der Waals surface area (Å²) < 4.78 is 5.45. The van der Waals surface area contributed by atoms with Gasteiger partial charge in [0.15, 0.2) is 5.16 Å². The van der Waals surface area contributed by atoms with E-state index in [2.05, 4.69) is 9.97 Å². The first-order valence-corrected chi connectivity index (χ1v) is 8.33. The number of ether oxygens (including phenoxy) is 1. The van der Waals surface area contributed by atoms with Crippen molar-refractivity contribution in [3.8, 4) is 11.3 Å². The quantitative estimate of drug-likeness (QED) is 0.880. The molecule has 2 heterocycles. The second-order valence-corrected chi connectivity index (χ2v) is 6.24. The van der Waals surface area contributed by atoms with Crippen molar-refractivity contribution in [1.82, 2.24) is 14.9 Å². The van der Waals surface area contributed by atoms with Crippen LogP contribution in [0.4, 0.5) is 0 Å². The molecule has 2 aromatic rings. The largest absolute Gasteiger partial charge is 0.375 e. The summed E-state index contributed by atoms with van der Waals surface area (Å²) in [7, 11) is 0. The van der Waals surface area contributed by atoms with E-state index in [1.165, 1.54) is 11.8 Å². The second-order valence-electron chi connectivity index (χ2n) is 5.28. The van der Waals surface area contributed by atoms with Crippen molar-refractivity contribution in [2.75, 3.05) is 25.4 Å². The second kappa shape index (κ2) is 6.98. The van der Waals surface area contributed by atoms with E-state index in [-0.39, 0.29) is 12.0 Å². The van der Waals surface area contributed by atoms with E-state index in [9.17, 15) is 4.79 Å². The summed E-state index contributed by atoms with van der Waals surface area (Å²) >= 11 is 1.44. The molecule has 1 saturated heterocycles. The van der Waals surface area contributed by atoms with Crippen LogP contribution in [-0.2, 0) is 9.53 Å². The Kier molecular flexibility index (Phi) is 4.80. The van der Waals surface area contributed by atoms with Gasteiger partial charge in [-0.1, -0.05) is 42.1 Å². The summed E-state index contributed by atoms with van der Waals surface area (Å²) in [4.78, 5) is 21.7. The predicted octanol–water partition coefficient (Wildman–Crippen LogP) is 2.42. The van der Waals surface area contributed by atoms with Gasteiger partial charge in [0.25, 0.3) is 0 Å². The van der Waals surface area contributed by atoms with Crippen LogP contribution in [0.3, 0.4) is 0 Å². The van der Waals surface area contributed by atoms with Crippen molar-refractivity contribution in [2.45, 2.75) is 18.2 Å². The normalized spacial score (nSPS) is 18.4. The van der Waals surface area contributed by atoms with E-state index in [0.717, 1.165) is 16.4 Å². The molecule has 1 N–H and O–H groups in total. The van der Waals surface area contributed by atoms with Gasteiger partial charge in [0.05, 0.1) is 30.4 Å². The Morgan fingerprint density at radius 1 is 1.45 bits per heavy atom. The van der Waals surface area contributed by atoms with Crippen molar-refractivity contribution < 1.29 is 9.53 Å². The number of thioether (sulfide) groups is 1. The minimum atomic E-state index is 0.121. The first kappa shape index (κ1) is 15.1. The van der Waals surface area contributed by atoms with E-state index < -0.39 is 0 Å². The van der Waals surface area contributed by atoms with Gasteiger partial charge in [0.2, 0.25) is 5.91 Å². The maximum absolute atomic E-state index is 12.2. The minimum Gasteiger partial charge on any atom is -0.375 e. The monoisotopic (exact) mass is 317 g/mol. The Balaban J connectivity index is 1.56. The van der Waals surface area contributed by atoms with Crippen LogP contribution in [0.1, 0.15) is 6.92 Å². The Labute approximate surface area is 134 Å². The zero-order valence-corrected chi connectivity index (χ0v) is 13.3. The Hall–Kier alpha value is -1.79. The lowest BCUT2D eigenvalue weighted by Gasteiger charge is -2.31. The highest BCUT2D eigenvalue weighted by molar-refractivity contribution is 7.99. The fraction of sp³-hybridized carbons (Fsp3) is 0.375. The molecule has 3 rings (SSSR count). The summed E-state index contributed by atoms with van der Waals surface area (Å²) in [6, 6.07) is 10.0. The van der Waals surface area contributed by atoms with Crippen LogP contribution in [0.5, 0.6) is 0 Å². The van der Waals surface area contributed by atoms with Crippen LogP contribution in [0.25, 0.3) is 11.3 Å². The van der Waals surface area contributed by atoms with E-state index in [0.29, 0.717) is 25.4 Å². The van der Waals surface area contributed by atoms with Gasteiger partial charge >= 0.3 is 0 Å². The highest BCUT2D eigenvalue weighted by Crippen LogP contribution is 2.21. The summed E-state index contributed by atoms with van der Waals surface area (Å²) in [5.74, 6) is 0.534. The first-order chi connectivity index (χ1) is 10.7. The summed E-state index contributed by atoms with van der Waals surface area (Å²) in [5, 5.41) is 0.772. The van der Waals surface area contributed by atoms with E-state index in [1.807, 2.05) is 42.2 Å². The third-order valence-electron chi connectivity index (χ3n) is 3.56. The molecule has 116 valence electrons. The van der Waals surface area contributed by atoms with Crippen LogP contribution >= 0.6 is 11.8 Å². The molecule has 1 atom stereocenters. The topological polar surface area (TPSA) is 58.2 Å². The van der Waals surface area contributed by atoms with Gasteiger partial charge < -0.3 is 14.6 Å². The van der Waals surface area contributed by atoms with Crippen molar-refractivity contribution in [2.24, 2.45) is 0 Å². The average molecular weight is 317 g/mol. The number of rotatable bonds is 4. The number of morpholine rings is 1. The SMILES string of the molecule is C[C@@H]1CN(C(=O)CSc2ncc(-c3ccccc3)[nH]2)CCO1. The summed E-state index contributed by atoms with van der Waals surface area (Å²) in [5.41, 5.74) is 2.06. The molecule has 1 fully saturated rings. The lowest BCUT2D eigenvalue weighted by atomic mass is 10.2. The fourth-order valence-corrected chi connectivity index (χ4v) is 3.16. The summed E-state index contributed by atoms with van der Waals surface area (Å²) in [6.45, 7) is 3.96. The smallest absolute Gasteiger partial charge is 0.233 e. The number of aromatic amines is 1. The number of aromatic nitrogens is 2. The predicted molar refractivity (Wildman–Crippen MR) is 86.7 cm³/mol. The lowest BCUT2D eigenvalue weighted by molar-refractivity contribution is -0.135. The number of carbonyl (C=O) groups excluding carboxylic acids is 1. The standard InChI is InChI=1S/C16H19N3O2S/c1-12-10-19(7-8-21-12)15(20)11-22-16-17-9-14(18-16)13-5-3-2-4-6-13/h2-6,9,12H,7-8,10-11H2,1H3,(H,17,18)/t12-/m1/s1. The molecule has 1 aromatic carbocycles. The minimum absolute atomic E-state index is 0.121. The number of nitrogens with one attached hydrogen (secondary N) is 1. The molecule has 0 spiro atoms. The number of amides is 1. The van der Waals surface area contributed by atoms with Gasteiger partial charge in [-0.05, 0) is 12.5 Å². The van der Waals surface area contributed by atoms with Gasteiger partial charge in [0.1, 0.15) is 0 Å². The number of H-pyrrole nitrogens is 1. The molecular weight excluding hydrogens is 298 g/mol. The van der Waals surface area contributed by atoms with Crippen LogP contribution in [-0.4, -0.2) is 52.3 Å². The molecule has 1 amide bonds. The van der Waals surface area contributed by atoms with Crippen molar-refractivity contribution in [3.05, 3.63) is 36.5 Å². The average Bonchev–Trinajstić information content (AvgIpc) is 3.02. The van der Waals surface area contributed by atoms with Crippen LogP contribution in [0.2, 0.25) is 0 Å². The molecule has 0 saturated carbocycles. The van der Waals surface area contributed by atoms with E-state index in [4.69, 9.17) is 4.74 Å². The highest BCUT2D eigenvalue weighted by atomic mass is 32.2. The number of benzene rings is 1. The number of hydrogen-bond donors (Lipinski definition) is 1. The molecule has 6 heteroatoms. The van der Waals surface area contributed by atoms with Gasteiger partial charge in [0, 0.05) is 13.1 Å². The number of nitrogens with zero attached hydrogens (tertiary/aromatic N) is 2. The van der Waals surface area contributed by atoms with Gasteiger partial charge in [-0.3, -0.25) is 4.79 Å². The number of carbonyl (C=O) groups is 1. The molecule has 1 aromatic heterocycles. The van der Waals surface area contributed by atoms with E-state index in [1.54, 1.807) is 6.20 Å². The molecule has 1 aliphatic rings.